The van der Waals surface area contributed by atoms with E-state index < -0.39 is 0 Å². The van der Waals surface area contributed by atoms with Crippen LogP contribution in [0.4, 0.5) is 15.9 Å². The third-order valence-electron chi connectivity index (χ3n) is 6.49. The van der Waals surface area contributed by atoms with Gasteiger partial charge in [-0.1, -0.05) is 41.0 Å². The number of anilines is 2. The SMILES string of the molecule is CC.CC.CCCc1cc(CCc2cc(Nc3cnc[nH]3)c3ncc(C)cc3c2)nc(-c2ccc(F)cc2)c1C.NC=O.O. The van der Waals surface area contributed by atoms with Gasteiger partial charge in [-0.15, -0.1) is 0 Å². The molecule has 44 heavy (non-hydrogen) atoms. The number of hydrogen-bond donors (Lipinski definition) is 3. The molecule has 0 aliphatic rings. The zero-order chi connectivity index (χ0) is 31.8. The second-order valence-electron chi connectivity index (χ2n) is 9.46. The number of nitrogens with zero attached hydrogens (tertiary/aromatic N) is 3. The molecule has 6 N–H and O–H groups in total. The number of benzene rings is 2. The van der Waals surface area contributed by atoms with Crippen LogP contribution in [0.15, 0.2) is 67.3 Å². The van der Waals surface area contributed by atoms with Gasteiger partial charge in [0.2, 0.25) is 6.41 Å². The van der Waals surface area contributed by atoms with Gasteiger partial charge in [-0.2, -0.15) is 0 Å². The molecule has 8 nitrogen and oxygen atoms in total. The zero-order valence-electron chi connectivity index (χ0n) is 27.0. The molecule has 0 saturated carbocycles. The van der Waals surface area contributed by atoms with E-state index in [1.807, 2.05) is 46.0 Å². The summed E-state index contributed by atoms with van der Waals surface area (Å²) >= 11 is 0. The lowest BCUT2D eigenvalue weighted by Crippen LogP contribution is -2.03. The summed E-state index contributed by atoms with van der Waals surface area (Å²) in [5, 5.41) is 4.53. The minimum absolute atomic E-state index is 0. The van der Waals surface area contributed by atoms with Crippen LogP contribution in [0.5, 0.6) is 0 Å². The van der Waals surface area contributed by atoms with Crippen molar-refractivity contribution in [3.05, 3.63) is 101 Å². The molecule has 236 valence electrons. The maximum absolute atomic E-state index is 13.5. The average Bonchev–Trinajstić information content (AvgIpc) is 3.53. The first-order chi connectivity index (χ1) is 20.9. The Morgan fingerprint density at radius 3 is 2.25 bits per heavy atom. The van der Waals surface area contributed by atoms with Crippen LogP contribution in [0.3, 0.4) is 0 Å². The number of H-pyrrole nitrogens is 1. The van der Waals surface area contributed by atoms with E-state index in [4.69, 9.17) is 9.78 Å². The molecule has 0 aliphatic carbocycles. The normalized spacial score (nSPS) is 9.73. The highest BCUT2D eigenvalue weighted by Crippen LogP contribution is 2.29. The number of carbonyl (C=O) groups excluding carboxylic acids is 1. The maximum Gasteiger partial charge on any atom is 0.204 e. The van der Waals surface area contributed by atoms with Crippen molar-refractivity contribution < 1.29 is 14.7 Å². The largest absolute Gasteiger partial charge is 0.412 e. The van der Waals surface area contributed by atoms with E-state index in [1.165, 1.54) is 28.8 Å². The summed E-state index contributed by atoms with van der Waals surface area (Å²) in [5.41, 5.74) is 13.8. The third-order valence-corrected chi connectivity index (χ3v) is 6.49. The second kappa shape index (κ2) is 19.5. The Morgan fingerprint density at radius 1 is 0.955 bits per heavy atom. The van der Waals surface area contributed by atoms with Crippen molar-refractivity contribution in [1.29, 1.82) is 0 Å². The molecular formula is C35H47FN6O2. The predicted octanol–water partition coefficient (Wildman–Crippen LogP) is 7.59. The molecule has 0 bridgehead atoms. The highest BCUT2D eigenvalue weighted by molar-refractivity contribution is 5.92. The molecule has 9 heteroatoms. The molecule has 0 spiro atoms. The molecule has 0 aliphatic heterocycles. The summed E-state index contributed by atoms with van der Waals surface area (Å²) in [6.07, 6.45) is 9.26. The van der Waals surface area contributed by atoms with E-state index in [0.717, 1.165) is 70.6 Å². The lowest BCUT2D eigenvalue weighted by Gasteiger charge is -2.15. The molecule has 2 aromatic carbocycles. The van der Waals surface area contributed by atoms with E-state index in [-0.39, 0.29) is 17.7 Å². The number of primary amides is 1. The van der Waals surface area contributed by atoms with Gasteiger partial charge in [-0.25, -0.2) is 9.37 Å². The number of rotatable bonds is 8. The van der Waals surface area contributed by atoms with Crippen LogP contribution >= 0.6 is 0 Å². The van der Waals surface area contributed by atoms with E-state index >= 15 is 0 Å². The van der Waals surface area contributed by atoms with Gasteiger partial charge in [0.25, 0.3) is 0 Å². The number of carbonyl (C=O) groups is 1. The minimum atomic E-state index is -0.234. The molecule has 5 aromatic rings. The van der Waals surface area contributed by atoms with E-state index in [9.17, 15) is 4.39 Å². The quantitative estimate of drug-likeness (QED) is 0.157. The first-order valence-electron chi connectivity index (χ1n) is 15.0. The molecule has 3 aromatic heterocycles. The van der Waals surface area contributed by atoms with Gasteiger partial charge in [0.15, 0.2) is 0 Å². The van der Waals surface area contributed by atoms with Crippen molar-refractivity contribution in [3.8, 4) is 11.3 Å². The van der Waals surface area contributed by atoms with Crippen LogP contribution in [0.2, 0.25) is 0 Å². The monoisotopic (exact) mass is 602 g/mol. The van der Waals surface area contributed by atoms with Crippen molar-refractivity contribution >= 4 is 28.8 Å². The third kappa shape index (κ3) is 10.3. The minimum Gasteiger partial charge on any atom is -0.412 e. The number of pyridine rings is 2. The first kappa shape index (κ1) is 37.4. The number of hydrogen-bond acceptors (Lipinski definition) is 5. The Bertz CT molecular complexity index is 1550. The fourth-order valence-electron chi connectivity index (χ4n) is 4.67. The summed E-state index contributed by atoms with van der Waals surface area (Å²) in [5.74, 6) is 0.589. The topological polar surface area (TPSA) is 141 Å². The maximum atomic E-state index is 13.5. The number of aromatic amines is 1. The van der Waals surface area contributed by atoms with Gasteiger partial charge in [-0.05, 0) is 104 Å². The highest BCUT2D eigenvalue weighted by atomic mass is 19.1. The van der Waals surface area contributed by atoms with Gasteiger partial charge in [0.05, 0.1) is 29.4 Å². The van der Waals surface area contributed by atoms with Crippen LogP contribution in [0, 0.1) is 19.7 Å². The number of aryl methyl sites for hydroxylation is 4. The molecule has 0 atom stereocenters. The molecule has 0 fully saturated rings. The van der Waals surface area contributed by atoms with Gasteiger partial charge in [0, 0.05) is 22.8 Å². The van der Waals surface area contributed by atoms with Crippen molar-refractivity contribution in [2.75, 3.05) is 5.32 Å². The second-order valence-corrected chi connectivity index (χ2v) is 9.46. The van der Waals surface area contributed by atoms with Crippen molar-refractivity contribution in [3.63, 3.8) is 0 Å². The van der Waals surface area contributed by atoms with E-state index in [1.54, 1.807) is 12.5 Å². The summed E-state index contributed by atoms with van der Waals surface area (Å²) in [6.45, 7) is 14.4. The van der Waals surface area contributed by atoms with Gasteiger partial charge in [0.1, 0.15) is 11.6 Å². The summed E-state index contributed by atoms with van der Waals surface area (Å²) in [4.78, 5) is 25.5. The number of nitrogens with one attached hydrogen (secondary N) is 2. The van der Waals surface area contributed by atoms with Crippen LogP contribution in [0.25, 0.3) is 22.2 Å². The fraction of sp³-hybridized carbons (Fsp3) is 0.314. The lowest BCUT2D eigenvalue weighted by atomic mass is 9.96. The zero-order valence-corrected chi connectivity index (χ0v) is 27.0. The molecule has 0 saturated heterocycles. The number of fused-ring (bicyclic) bond motifs is 1. The Kier molecular flexibility index (Phi) is 16.6. The van der Waals surface area contributed by atoms with Crippen molar-refractivity contribution in [2.45, 2.75) is 74.1 Å². The van der Waals surface area contributed by atoms with Crippen LogP contribution < -0.4 is 11.1 Å². The summed E-state index contributed by atoms with van der Waals surface area (Å²) in [7, 11) is 0. The number of nitrogens with two attached hydrogens (primary N) is 1. The van der Waals surface area contributed by atoms with Gasteiger partial charge in [-0.3, -0.25) is 14.8 Å². The Balaban J connectivity index is 0.00000112. The number of amides is 1. The van der Waals surface area contributed by atoms with E-state index in [2.05, 4.69) is 71.0 Å². The Hall–Kier alpha value is -4.63. The van der Waals surface area contributed by atoms with Crippen LogP contribution in [0.1, 0.15) is 69.0 Å². The lowest BCUT2D eigenvalue weighted by molar-refractivity contribution is -0.106. The fourth-order valence-corrected chi connectivity index (χ4v) is 4.67. The van der Waals surface area contributed by atoms with Crippen LogP contribution in [-0.2, 0) is 24.1 Å². The number of halogens is 1. The predicted molar refractivity (Wildman–Crippen MR) is 181 cm³/mol. The van der Waals surface area contributed by atoms with Crippen molar-refractivity contribution in [1.82, 2.24) is 19.9 Å². The smallest absolute Gasteiger partial charge is 0.204 e. The summed E-state index contributed by atoms with van der Waals surface area (Å²) in [6, 6.07) is 15.4. The molecule has 5 rings (SSSR count). The summed E-state index contributed by atoms with van der Waals surface area (Å²) < 4.78 is 13.5. The Labute approximate surface area is 260 Å². The van der Waals surface area contributed by atoms with Crippen molar-refractivity contribution in [2.24, 2.45) is 5.73 Å². The average molecular weight is 603 g/mol. The van der Waals surface area contributed by atoms with Gasteiger partial charge < -0.3 is 21.5 Å². The van der Waals surface area contributed by atoms with E-state index in [0.29, 0.717) is 0 Å². The molecular weight excluding hydrogens is 555 g/mol. The Morgan fingerprint density at radius 2 is 1.64 bits per heavy atom. The molecule has 0 radical (unpaired) electrons. The standard InChI is InChI=1S/C30H30FN5.2C2H6.CH3NO.H2O/c1-4-5-23-15-26(35-29(20(23)3)22-7-9-25(31)10-8-22)11-6-21-13-24-12-19(2)16-33-30(24)27(14-21)36-28-17-32-18-34-28;2*1-2;2-1-3;/h7-10,12-18,36H,4-6,11H2,1-3H3,(H,32,34);2*1-2H3;1H,(H2,2,3);1H2. The molecule has 1 amide bonds. The van der Waals surface area contributed by atoms with Crippen LogP contribution in [-0.4, -0.2) is 31.8 Å². The number of imidazole rings is 1. The van der Waals surface area contributed by atoms with Gasteiger partial charge >= 0.3 is 0 Å². The molecule has 3 heterocycles. The first-order valence-corrected chi connectivity index (χ1v) is 15.0. The highest BCUT2D eigenvalue weighted by Gasteiger charge is 2.13. The molecule has 0 unspecified atom stereocenters. The number of aromatic nitrogens is 4.